The van der Waals surface area contributed by atoms with Crippen LogP contribution in [0.1, 0.15) is 11.1 Å². The van der Waals surface area contributed by atoms with Crippen LogP contribution in [0.15, 0.2) is 30.9 Å². The highest BCUT2D eigenvalue weighted by atomic mass is 16.4. The Hall–Kier alpha value is -2.50. The van der Waals surface area contributed by atoms with Crippen LogP contribution in [0.25, 0.3) is 12.0 Å². The Labute approximate surface area is 97.3 Å². The molecule has 0 unspecified atom stereocenters. The predicted octanol–water partition coefficient (Wildman–Crippen LogP) is 1.07. The molecule has 0 aliphatic carbocycles. The van der Waals surface area contributed by atoms with E-state index in [0.717, 1.165) is 11.6 Å². The molecule has 0 spiro atoms. The summed E-state index contributed by atoms with van der Waals surface area (Å²) in [5.74, 6) is -0.553. The highest BCUT2D eigenvalue weighted by Crippen LogP contribution is 2.04. The molecule has 2 aromatic heterocycles. The number of aromatic nitrogens is 4. The van der Waals surface area contributed by atoms with Crippen molar-refractivity contribution in [2.75, 3.05) is 0 Å². The molecular formula is C11H10N4O2. The number of rotatable bonds is 3. The van der Waals surface area contributed by atoms with E-state index in [1.165, 1.54) is 6.08 Å². The zero-order valence-electron chi connectivity index (χ0n) is 9.11. The monoisotopic (exact) mass is 230 g/mol. The van der Waals surface area contributed by atoms with Crippen molar-refractivity contribution < 1.29 is 9.90 Å². The van der Waals surface area contributed by atoms with E-state index in [1.807, 2.05) is 13.1 Å². The number of carboxylic acid groups (broad SMARTS) is 1. The first kappa shape index (κ1) is 11.0. The minimum absolute atomic E-state index is 0.450. The molecule has 0 fully saturated rings. The summed E-state index contributed by atoms with van der Waals surface area (Å²) in [7, 11) is 0. The molecule has 0 radical (unpaired) electrons. The van der Waals surface area contributed by atoms with Gasteiger partial charge in [0.25, 0.3) is 0 Å². The minimum atomic E-state index is -1.00. The number of hydrogen-bond acceptors (Lipinski definition) is 4. The van der Waals surface area contributed by atoms with Crippen molar-refractivity contribution >= 4 is 12.0 Å². The van der Waals surface area contributed by atoms with Gasteiger partial charge in [-0.25, -0.2) is 19.4 Å². The van der Waals surface area contributed by atoms with E-state index in [2.05, 4.69) is 15.1 Å². The lowest BCUT2D eigenvalue weighted by Crippen LogP contribution is -2.00. The van der Waals surface area contributed by atoms with Crippen LogP contribution in [0.4, 0.5) is 0 Å². The largest absolute Gasteiger partial charge is 0.478 e. The van der Waals surface area contributed by atoms with E-state index in [-0.39, 0.29) is 0 Å². The number of carbonyl (C=O) groups is 1. The van der Waals surface area contributed by atoms with E-state index in [4.69, 9.17) is 5.11 Å². The maximum Gasteiger partial charge on any atom is 0.328 e. The Kier molecular flexibility index (Phi) is 2.95. The summed E-state index contributed by atoms with van der Waals surface area (Å²) in [6, 6.07) is 0. The van der Waals surface area contributed by atoms with Crippen molar-refractivity contribution in [3.05, 3.63) is 42.0 Å². The topological polar surface area (TPSA) is 80.9 Å². The quantitative estimate of drug-likeness (QED) is 0.797. The van der Waals surface area contributed by atoms with E-state index >= 15 is 0 Å². The summed E-state index contributed by atoms with van der Waals surface area (Å²) in [6.45, 7) is 1.92. The highest BCUT2D eigenvalue weighted by molar-refractivity contribution is 5.85. The van der Waals surface area contributed by atoms with Crippen molar-refractivity contribution in [2.45, 2.75) is 6.92 Å². The van der Waals surface area contributed by atoms with Gasteiger partial charge in [-0.2, -0.15) is 5.10 Å². The molecule has 0 aromatic carbocycles. The van der Waals surface area contributed by atoms with Crippen LogP contribution >= 0.6 is 0 Å². The number of aryl methyl sites for hydroxylation is 1. The minimum Gasteiger partial charge on any atom is -0.478 e. The first-order valence-electron chi connectivity index (χ1n) is 4.90. The van der Waals surface area contributed by atoms with E-state index in [1.54, 1.807) is 23.3 Å². The Morgan fingerprint density at radius 3 is 2.59 bits per heavy atom. The van der Waals surface area contributed by atoms with Crippen LogP contribution in [-0.4, -0.2) is 30.8 Å². The molecule has 2 rings (SSSR count). The summed E-state index contributed by atoms with van der Waals surface area (Å²) >= 11 is 0. The predicted molar refractivity (Wildman–Crippen MR) is 60.6 cm³/mol. The lowest BCUT2D eigenvalue weighted by Gasteiger charge is -1.98. The Balaban J connectivity index is 2.21. The van der Waals surface area contributed by atoms with Crippen molar-refractivity contribution in [1.29, 1.82) is 0 Å². The molecule has 0 saturated carbocycles. The standard InChI is InChI=1S/C11H10N4O2/c1-8-4-14-15(7-8)11-12-5-9(6-13-11)2-3-10(16)17/h2-7H,1H3,(H,16,17)/b3-2+. The highest BCUT2D eigenvalue weighted by Gasteiger charge is 2.00. The molecular weight excluding hydrogens is 220 g/mol. The second-order valence-electron chi connectivity index (χ2n) is 3.45. The number of carboxylic acids is 1. The van der Waals surface area contributed by atoms with E-state index in [9.17, 15) is 4.79 Å². The van der Waals surface area contributed by atoms with Crippen LogP contribution < -0.4 is 0 Å². The van der Waals surface area contributed by atoms with Gasteiger partial charge in [-0.15, -0.1) is 0 Å². The summed E-state index contributed by atoms with van der Waals surface area (Å²) in [5, 5.41) is 12.5. The average molecular weight is 230 g/mol. The Morgan fingerprint density at radius 2 is 2.06 bits per heavy atom. The fraction of sp³-hybridized carbons (Fsp3) is 0.0909. The molecule has 0 atom stereocenters. The maximum absolute atomic E-state index is 10.3. The maximum atomic E-state index is 10.3. The SMILES string of the molecule is Cc1cnn(-c2ncc(/C=C/C(=O)O)cn2)c1. The third-order valence-electron chi connectivity index (χ3n) is 1.99. The van der Waals surface area contributed by atoms with E-state index in [0.29, 0.717) is 11.5 Å². The van der Waals surface area contributed by atoms with Crippen LogP contribution in [0.5, 0.6) is 0 Å². The van der Waals surface area contributed by atoms with Gasteiger partial charge in [0.2, 0.25) is 5.95 Å². The van der Waals surface area contributed by atoms with Gasteiger partial charge >= 0.3 is 5.97 Å². The second-order valence-corrected chi connectivity index (χ2v) is 3.45. The molecule has 17 heavy (non-hydrogen) atoms. The van der Waals surface area contributed by atoms with Crippen molar-refractivity contribution in [3.63, 3.8) is 0 Å². The van der Waals surface area contributed by atoms with Gasteiger partial charge in [0.1, 0.15) is 0 Å². The zero-order valence-corrected chi connectivity index (χ0v) is 9.11. The van der Waals surface area contributed by atoms with Gasteiger partial charge in [-0.1, -0.05) is 0 Å². The summed E-state index contributed by atoms with van der Waals surface area (Å²) < 4.78 is 1.56. The molecule has 0 aliphatic rings. The van der Waals surface area contributed by atoms with Gasteiger partial charge in [0, 0.05) is 30.2 Å². The smallest absolute Gasteiger partial charge is 0.328 e. The fourth-order valence-electron chi connectivity index (χ4n) is 1.23. The van der Waals surface area contributed by atoms with Gasteiger partial charge in [-0.3, -0.25) is 0 Å². The first-order chi connectivity index (χ1) is 8.15. The second kappa shape index (κ2) is 4.56. The van der Waals surface area contributed by atoms with Crippen molar-refractivity contribution in [3.8, 4) is 5.95 Å². The third-order valence-corrected chi connectivity index (χ3v) is 1.99. The Bertz CT molecular complexity index is 557. The van der Waals surface area contributed by atoms with Gasteiger partial charge in [0.05, 0.1) is 6.20 Å². The van der Waals surface area contributed by atoms with Gasteiger partial charge < -0.3 is 5.11 Å². The number of nitrogens with zero attached hydrogens (tertiary/aromatic N) is 4. The van der Waals surface area contributed by atoms with Crippen LogP contribution in [0.2, 0.25) is 0 Å². The number of hydrogen-bond donors (Lipinski definition) is 1. The third kappa shape index (κ3) is 2.75. The first-order valence-corrected chi connectivity index (χ1v) is 4.90. The molecule has 2 heterocycles. The van der Waals surface area contributed by atoms with Crippen molar-refractivity contribution in [1.82, 2.24) is 19.7 Å². The fourth-order valence-corrected chi connectivity index (χ4v) is 1.23. The summed E-state index contributed by atoms with van der Waals surface area (Å²) in [5.41, 5.74) is 1.64. The normalized spacial score (nSPS) is 10.9. The summed E-state index contributed by atoms with van der Waals surface area (Å²) in [4.78, 5) is 18.5. The molecule has 1 N–H and O–H groups in total. The molecule has 6 heteroatoms. The lowest BCUT2D eigenvalue weighted by atomic mass is 10.3. The van der Waals surface area contributed by atoms with Crippen LogP contribution in [-0.2, 0) is 4.79 Å². The zero-order chi connectivity index (χ0) is 12.3. The van der Waals surface area contributed by atoms with Crippen LogP contribution in [0.3, 0.4) is 0 Å². The van der Waals surface area contributed by atoms with Gasteiger partial charge in [0.15, 0.2) is 0 Å². The molecule has 0 bridgehead atoms. The van der Waals surface area contributed by atoms with Crippen molar-refractivity contribution in [2.24, 2.45) is 0 Å². The lowest BCUT2D eigenvalue weighted by molar-refractivity contribution is -0.131. The average Bonchev–Trinajstić information content (AvgIpc) is 2.74. The molecule has 0 aliphatic heterocycles. The van der Waals surface area contributed by atoms with Gasteiger partial charge in [-0.05, 0) is 18.6 Å². The number of aliphatic carboxylic acids is 1. The molecule has 0 amide bonds. The Morgan fingerprint density at radius 1 is 1.35 bits per heavy atom. The molecule has 0 saturated heterocycles. The molecule has 6 nitrogen and oxygen atoms in total. The van der Waals surface area contributed by atoms with Crippen LogP contribution in [0, 0.1) is 6.92 Å². The summed E-state index contributed by atoms with van der Waals surface area (Å²) in [6.07, 6.45) is 9.07. The van der Waals surface area contributed by atoms with E-state index < -0.39 is 5.97 Å². The molecule has 86 valence electrons. The molecule has 2 aromatic rings.